The van der Waals surface area contributed by atoms with Gasteiger partial charge < -0.3 is 10.2 Å². The standard InChI is InChI=1S/C17H20ClN3O2S/c1-12-11-24-17(23)21(12)10-16(22)19-13-5-6-15(14(18)9-13)20-7-3-2-4-8-20/h5-6,9,11H,2-4,7-8,10H2,1H3,(H,19,22). The first-order chi connectivity index (χ1) is 11.5. The summed E-state index contributed by atoms with van der Waals surface area (Å²) in [4.78, 5) is 26.0. The van der Waals surface area contributed by atoms with Crippen LogP contribution in [0, 0.1) is 6.92 Å². The molecule has 128 valence electrons. The summed E-state index contributed by atoms with van der Waals surface area (Å²) in [5.41, 5.74) is 2.45. The summed E-state index contributed by atoms with van der Waals surface area (Å²) >= 11 is 7.49. The van der Waals surface area contributed by atoms with E-state index in [1.165, 1.54) is 23.8 Å². The Labute approximate surface area is 149 Å². The summed E-state index contributed by atoms with van der Waals surface area (Å²) in [6, 6.07) is 5.58. The van der Waals surface area contributed by atoms with Crippen LogP contribution in [-0.4, -0.2) is 23.6 Å². The smallest absolute Gasteiger partial charge is 0.307 e. The number of piperidine rings is 1. The van der Waals surface area contributed by atoms with Gasteiger partial charge in [0.2, 0.25) is 5.91 Å². The van der Waals surface area contributed by atoms with Crippen LogP contribution in [0.25, 0.3) is 0 Å². The Morgan fingerprint density at radius 1 is 1.29 bits per heavy atom. The van der Waals surface area contributed by atoms with E-state index < -0.39 is 0 Å². The number of aryl methyl sites for hydroxylation is 1. The summed E-state index contributed by atoms with van der Waals surface area (Å²) < 4.78 is 1.46. The molecule has 2 heterocycles. The number of nitrogens with zero attached hydrogens (tertiary/aromatic N) is 2. The summed E-state index contributed by atoms with van der Waals surface area (Å²) in [6.07, 6.45) is 3.64. The van der Waals surface area contributed by atoms with Crippen LogP contribution in [0.5, 0.6) is 0 Å². The van der Waals surface area contributed by atoms with Crippen LogP contribution < -0.4 is 15.1 Å². The molecule has 0 bridgehead atoms. The van der Waals surface area contributed by atoms with Gasteiger partial charge in [0.15, 0.2) is 0 Å². The number of carbonyl (C=O) groups excluding carboxylic acids is 1. The van der Waals surface area contributed by atoms with Crippen LogP contribution in [-0.2, 0) is 11.3 Å². The molecule has 0 aliphatic carbocycles. The van der Waals surface area contributed by atoms with Gasteiger partial charge in [0.25, 0.3) is 0 Å². The van der Waals surface area contributed by atoms with Gasteiger partial charge in [0.05, 0.1) is 10.7 Å². The van der Waals surface area contributed by atoms with Crippen LogP contribution in [0.3, 0.4) is 0 Å². The number of carbonyl (C=O) groups is 1. The van der Waals surface area contributed by atoms with E-state index in [2.05, 4.69) is 10.2 Å². The largest absolute Gasteiger partial charge is 0.370 e. The fourth-order valence-electron chi connectivity index (χ4n) is 2.92. The zero-order valence-electron chi connectivity index (χ0n) is 13.5. The molecule has 0 atom stereocenters. The lowest BCUT2D eigenvalue weighted by molar-refractivity contribution is -0.116. The second-order valence-electron chi connectivity index (χ2n) is 5.99. The average molecular weight is 366 g/mol. The fourth-order valence-corrected chi connectivity index (χ4v) is 3.95. The van der Waals surface area contributed by atoms with E-state index in [0.717, 1.165) is 35.8 Å². The van der Waals surface area contributed by atoms with E-state index in [1.807, 2.05) is 19.1 Å². The van der Waals surface area contributed by atoms with Crippen LogP contribution >= 0.6 is 22.9 Å². The van der Waals surface area contributed by atoms with Gasteiger partial charge in [0.1, 0.15) is 6.54 Å². The van der Waals surface area contributed by atoms with Gasteiger partial charge in [-0.15, -0.1) is 0 Å². The summed E-state index contributed by atoms with van der Waals surface area (Å²) in [7, 11) is 0. The van der Waals surface area contributed by atoms with Gasteiger partial charge >= 0.3 is 4.87 Å². The maximum Gasteiger partial charge on any atom is 0.307 e. The molecule has 1 aliphatic rings. The number of hydrogen-bond acceptors (Lipinski definition) is 4. The number of hydrogen-bond donors (Lipinski definition) is 1. The van der Waals surface area contributed by atoms with Crippen molar-refractivity contribution in [2.75, 3.05) is 23.3 Å². The first-order valence-electron chi connectivity index (χ1n) is 8.04. The molecule has 1 aliphatic heterocycles. The van der Waals surface area contributed by atoms with Crippen molar-refractivity contribution in [1.29, 1.82) is 0 Å². The minimum Gasteiger partial charge on any atom is -0.370 e. The molecule has 2 aromatic rings. The van der Waals surface area contributed by atoms with Crippen molar-refractivity contribution < 1.29 is 4.79 Å². The first-order valence-corrected chi connectivity index (χ1v) is 9.29. The third kappa shape index (κ3) is 3.82. The molecule has 0 spiro atoms. The van der Waals surface area contributed by atoms with Crippen LogP contribution in [0.1, 0.15) is 25.0 Å². The van der Waals surface area contributed by atoms with E-state index in [-0.39, 0.29) is 17.3 Å². The first kappa shape index (κ1) is 17.0. The lowest BCUT2D eigenvalue weighted by atomic mass is 10.1. The highest BCUT2D eigenvalue weighted by Crippen LogP contribution is 2.30. The van der Waals surface area contributed by atoms with Crippen molar-refractivity contribution in [1.82, 2.24) is 4.57 Å². The number of anilines is 2. The molecule has 0 saturated carbocycles. The van der Waals surface area contributed by atoms with E-state index in [1.54, 1.807) is 11.4 Å². The Balaban J connectivity index is 1.68. The third-order valence-corrected chi connectivity index (χ3v) is 5.39. The predicted octanol–water partition coefficient (Wildman–Crippen LogP) is 3.50. The average Bonchev–Trinajstić information content (AvgIpc) is 2.88. The molecule has 1 aromatic heterocycles. The maximum absolute atomic E-state index is 12.2. The normalized spacial score (nSPS) is 14.7. The lowest BCUT2D eigenvalue weighted by Gasteiger charge is -2.29. The van der Waals surface area contributed by atoms with Crippen molar-refractivity contribution in [3.05, 3.63) is 44.0 Å². The topological polar surface area (TPSA) is 54.3 Å². The number of aromatic nitrogens is 1. The van der Waals surface area contributed by atoms with Gasteiger partial charge in [-0.25, -0.2) is 0 Å². The predicted molar refractivity (Wildman–Crippen MR) is 99.5 cm³/mol. The van der Waals surface area contributed by atoms with Crippen molar-refractivity contribution in [2.24, 2.45) is 0 Å². The molecular formula is C17H20ClN3O2S. The fraction of sp³-hybridized carbons (Fsp3) is 0.412. The SMILES string of the molecule is Cc1csc(=O)n1CC(=O)Nc1ccc(N2CCCCC2)c(Cl)c1. The number of nitrogens with one attached hydrogen (secondary N) is 1. The Hall–Kier alpha value is -1.79. The second kappa shape index (κ2) is 7.40. The lowest BCUT2D eigenvalue weighted by Crippen LogP contribution is -2.29. The highest BCUT2D eigenvalue weighted by atomic mass is 35.5. The van der Waals surface area contributed by atoms with Crippen molar-refractivity contribution in [3.63, 3.8) is 0 Å². The van der Waals surface area contributed by atoms with Crippen molar-refractivity contribution in [3.8, 4) is 0 Å². The Morgan fingerprint density at radius 2 is 2.04 bits per heavy atom. The molecule has 1 fully saturated rings. The Morgan fingerprint density at radius 3 is 2.67 bits per heavy atom. The maximum atomic E-state index is 12.2. The molecule has 5 nitrogen and oxygen atoms in total. The Kier molecular flexibility index (Phi) is 5.26. The van der Waals surface area contributed by atoms with E-state index in [4.69, 9.17) is 11.6 Å². The Bertz CT molecular complexity index is 793. The number of amides is 1. The monoisotopic (exact) mass is 365 g/mol. The molecule has 7 heteroatoms. The van der Waals surface area contributed by atoms with Gasteiger partial charge in [-0.05, 0) is 44.4 Å². The molecule has 0 unspecified atom stereocenters. The minimum atomic E-state index is -0.236. The molecule has 1 amide bonds. The quantitative estimate of drug-likeness (QED) is 0.902. The van der Waals surface area contributed by atoms with Gasteiger partial charge in [-0.3, -0.25) is 14.2 Å². The molecular weight excluding hydrogens is 346 g/mol. The zero-order chi connectivity index (χ0) is 17.1. The molecule has 1 N–H and O–H groups in total. The molecule has 0 radical (unpaired) electrons. The highest BCUT2D eigenvalue weighted by molar-refractivity contribution is 7.07. The molecule has 3 rings (SSSR count). The molecule has 24 heavy (non-hydrogen) atoms. The molecule has 1 aromatic carbocycles. The second-order valence-corrected chi connectivity index (χ2v) is 7.22. The molecule has 1 saturated heterocycles. The number of rotatable bonds is 4. The summed E-state index contributed by atoms with van der Waals surface area (Å²) in [6.45, 7) is 3.87. The number of halogens is 1. The van der Waals surface area contributed by atoms with E-state index >= 15 is 0 Å². The van der Waals surface area contributed by atoms with Crippen LogP contribution in [0.2, 0.25) is 5.02 Å². The van der Waals surface area contributed by atoms with Gasteiger partial charge in [0, 0.05) is 29.9 Å². The van der Waals surface area contributed by atoms with E-state index in [0.29, 0.717) is 10.7 Å². The minimum absolute atomic E-state index is 0.0136. The van der Waals surface area contributed by atoms with Crippen molar-refractivity contribution >= 4 is 40.2 Å². The number of thiazole rings is 1. The van der Waals surface area contributed by atoms with Crippen LogP contribution in [0.4, 0.5) is 11.4 Å². The van der Waals surface area contributed by atoms with Crippen LogP contribution in [0.15, 0.2) is 28.4 Å². The van der Waals surface area contributed by atoms with Gasteiger partial charge in [-0.1, -0.05) is 22.9 Å². The third-order valence-electron chi connectivity index (χ3n) is 4.21. The highest BCUT2D eigenvalue weighted by Gasteiger charge is 2.15. The number of benzene rings is 1. The zero-order valence-corrected chi connectivity index (χ0v) is 15.1. The summed E-state index contributed by atoms with van der Waals surface area (Å²) in [5, 5.41) is 5.20. The summed E-state index contributed by atoms with van der Waals surface area (Å²) in [5.74, 6) is -0.236. The van der Waals surface area contributed by atoms with Crippen molar-refractivity contribution in [2.45, 2.75) is 32.7 Å². The van der Waals surface area contributed by atoms with E-state index in [9.17, 15) is 9.59 Å². The van der Waals surface area contributed by atoms with Gasteiger partial charge in [-0.2, -0.15) is 0 Å².